The largest absolute Gasteiger partial charge is 0.444 e. The van der Waals surface area contributed by atoms with Gasteiger partial charge in [-0.1, -0.05) is 121 Å². The summed E-state index contributed by atoms with van der Waals surface area (Å²) in [5.41, 5.74) is 36.5. The number of hydrogen-bond donors (Lipinski definition) is 5. The number of sulfonamides is 2. The van der Waals surface area contributed by atoms with Crippen LogP contribution in [0.2, 0.25) is 0 Å². The Labute approximate surface area is 801 Å². The number of nitrogens with zero attached hydrogens (tertiary/aromatic N) is 10. The van der Waals surface area contributed by atoms with Crippen LogP contribution in [-0.4, -0.2) is 158 Å². The number of carbonyl (C=O) groups excluding carboxylic acids is 7. The number of likely N-dealkylation sites (tertiary alicyclic amines) is 1. The van der Waals surface area contributed by atoms with Gasteiger partial charge in [0.2, 0.25) is 31.9 Å². The number of aromatic nitrogens is 5. The lowest BCUT2D eigenvalue weighted by Gasteiger charge is -2.26. The number of morpholine rings is 1. The van der Waals surface area contributed by atoms with Crippen molar-refractivity contribution in [2.45, 2.75) is 91.2 Å². The first kappa shape index (κ1) is 98.8. The monoisotopic (exact) mass is 1930 g/mol. The maximum Gasteiger partial charge on any atom is 0.407 e. The highest BCUT2D eigenvalue weighted by atomic mass is 32.2. The van der Waals surface area contributed by atoms with Crippen LogP contribution < -0.4 is 28.3 Å². The number of amides is 7. The van der Waals surface area contributed by atoms with Crippen molar-refractivity contribution in [2.75, 3.05) is 50.9 Å². The number of primary amides is 4. The number of ether oxygens (including phenoxy) is 2. The molecule has 7 amide bonds. The zero-order valence-electron chi connectivity index (χ0n) is 76.1. The third-order valence-electron chi connectivity index (χ3n) is 23.5. The third-order valence-corrected chi connectivity index (χ3v) is 27.3. The molecule has 35 heteroatoms. The van der Waals surface area contributed by atoms with Gasteiger partial charge in [-0.05, 0) is 251 Å². The molecule has 4 fully saturated rings. The van der Waals surface area contributed by atoms with Gasteiger partial charge in [-0.25, -0.2) is 68.5 Å². The molecule has 15 aromatic rings. The number of alkyl carbamates (subject to hydrolysis) is 1. The molecule has 0 bridgehead atoms. The highest BCUT2D eigenvalue weighted by Crippen LogP contribution is 2.38. The fraction of sp³-hybridized carbons (Fsp3) is 0.210. The van der Waals surface area contributed by atoms with Crippen LogP contribution in [0.15, 0.2) is 243 Å². The minimum absolute atomic E-state index is 0.0582. The fourth-order valence-electron chi connectivity index (χ4n) is 16.6. The Balaban J connectivity index is 0.000000132. The van der Waals surface area contributed by atoms with Crippen molar-refractivity contribution < 1.29 is 81.8 Å². The molecule has 0 unspecified atom stereocenters. The Morgan fingerprint density at radius 2 is 0.707 bits per heavy atom. The molecule has 0 spiro atoms. The number of fused-ring (bicyclic) bond motifs is 5. The summed E-state index contributed by atoms with van der Waals surface area (Å²) < 4.78 is 128. The summed E-state index contributed by atoms with van der Waals surface area (Å²) in [6.45, 7) is 10.0. The van der Waals surface area contributed by atoms with E-state index >= 15 is 0 Å². The Morgan fingerprint density at radius 3 is 1.02 bits per heavy atom. The number of hydrogen-bond acceptors (Lipinski definition) is 19. The minimum atomic E-state index is -3.25. The van der Waals surface area contributed by atoms with Crippen LogP contribution in [0.1, 0.15) is 128 Å². The van der Waals surface area contributed by atoms with Crippen molar-refractivity contribution >= 4 is 116 Å². The first-order chi connectivity index (χ1) is 66.9. The molecular weight excluding hydrogens is 1840 g/mol. The van der Waals surface area contributed by atoms with Crippen molar-refractivity contribution in [3.8, 4) is 61.7 Å². The van der Waals surface area contributed by atoms with Crippen LogP contribution in [0.25, 0.3) is 110 Å². The first-order valence-electron chi connectivity index (χ1n) is 44.6. The van der Waals surface area contributed by atoms with E-state index < -0.39 is 55.4 Å². The molecule has 19 rings (SSSR count). The summed E-state index contributed by atoms with van der Waals surface area (Å²) in [6.07, 6.45) is 3.13. The standard InChI is InChI=1S/C22H22FN3O3.C21H20FN3O3S.C21H18FN3O3.C21H16FN3O.C20H18FN3O3S/c1-22(2,3)29-21(28)25-12-13-4-9-16-17(14-5-7-15(23)8-6-14)11-19(20(24)27)26-18(16)10-13;22-16-6-4-15(5-7-16)18-12-20(21(23)26)24-19-11-14(3-8-17(18)19)13-25-9-1-2-10-29(25,27)28;22-15-4-2-14(3-5-15)17-10-19(21(23)27)24-18-9-13(1-6-16(17)18)11-25-7-8-28-12-20(25)26;22-16-6-4-15(5-7-16)19-11-17(12-23)24-20-10-14(3-8-18(19)20)13-25-9-1-2-21(25)26;21-15-5-3-14(4-6-15)17-11-19(20(22)25)23-18-10-13(2-7-16(17)18)12-24-8-1-9-28(24,26)27/h4-11H,12H2,1-3H3,(H2,24,27)(H,25,28);3-8,11-12H,1-2,9-10,13H2,(H2,23,26);1-6,9-10H,7-8,11-12H2,(H2,23,27);3-8,10-11H,1-2,9,13H2;2-7,10-11H,1,8-9,12H2,(H2,22,25). The summed E-state index contributed by atoms with van der Waals surface area (Å²) in [4.78, 5) is 108. The van der Waals surface area contributed by atoms with E-state index in [0.29, 0.717) is 103 Å². The van der Waals surface area contributed by atoms with Crippen LogP contribution in [0.5, 0.6) is 0 Å². The van der Waals surface area contributed by atoms with Crippen LogP contribution in [0.3, 0.4) is 0 Å². The third kappa shape index (κ3) is 24.4. The van der Waals surface area contributed by atoms with Gasteiger partial charge in [0, 0.05) is 92.3 Å². The van der Waals surface area contributed by atoms with E-state index in [-0.39, 0.29) is 101 Å². The van der Waals surface area contributed by atoms with Crippen molar-refractivity contribution in [1.82, 2.24) is 48.6 Å². The molecule has 0 atom stereocenters. The number of carbonyl (C=O) groups is 7. The Bertz CT molecular complexity index is 7630. The molecule has 0 aliphatic carbocycles. The number of rotatable bonds is 19. The van der Waals surface area contributed by atoms with Crippen LogP contribution in [0.4, 0.5) is 26.7 Å². The topological polar surface area (TPSA) is 424 Å². The van der Waals surface area contributed by atoms with Crippen molar-refractivity contribution in [3.63, 3.8) is 0 Å². The maximum atomic E-state index is 13.3. The van der Waals surface area contributed by atoms with E-state index in [4.69, 9.17) is 32.4 Å². The van der Waals surface area contributed by atoms with E-state index in [1.807, 2.05) is 77.7 Å². The van der Waals surface area contributed by atoms with E-state index in [1.54, 1.807) is 135 Å². The number of benzene rings is 10. The number of nitrogens with one attached hydrogen (secondary N) is 1. The van der Waals surface area contributed by atoms with Crippen LogP contribution in [0, 0.1) is 40.4 Å². The zero-order valence-corrected chi connectivity index (χ0v) is 77.8. The first-order valence-corrected chi connectivity index (χ1v) is 47.8. The van der Waals surface area contributed by atoms with E-state index in [1.165, 1.54) is 69.3 Å². The SMILES string of the molecule is CC(C)(C)OC(=O)NCc1ccc2c(-c3ccc(F)cc3)cc(C(N)=O)nc2c1.N#Cc1cc(-c2ccc(F)cc2)c2ccc(CN3CCCC3=O)cc2n1.NC(=O)c1cc(-c2ccc(F)cc2)c2ccc(CN3CCCCS3(=O)=O)cc2n1.NC(=O)c1cc(-c2ccc(F)cc2)c2ccc(CN3CCCS3(=O)=O)cc2n1.NC(=O)c1cc(-c2ccc(F)cc2)c2ccc(CN3CCOCC3=O)cc2n1. The second kappa shape index (κ2) is 42.9. The highest BCUT2D eigenvalue weighted by Gasteiger charge is 2.31. The molecular formula is C105H94F5N15O13S2. The second-order valence-corrected chi connectivity index (χ2v) is 38.8. The number of pyridine rings is 5. The highest BCUT2D eigenvalue weighted by molar-refractivity contribution is 7.89. The van der Waals surface area contributed by atoms with E-state index in [9.17, 15) is 77.6 Å². The molecule has 10 aromatic carbocycles. The smallest absolute Gasteiger partial charge is 0.407 e. The van der Waals surface area contributed by atoms with Gasteiger partial charge in [0.05, 0.1) is 45.7 Å². The molecule has 4 aliphatic heterocycles. The van der Waals surface area contributed by atoms with E-state index in [2.05, 4.69) is 36.3 Å². The summed E-state index contributed by atoms with van der Waals surface area (Å²) in [6, 6.07) is 68.2. The molecule has 4 aliphatic rings. The molecule has 28 nitrogen and oxygen atoms in total. The average molecular weight is 1930 g/mol. The van der Waals surface area contributed by atoms with Gasteiger partial charge >= 0.3 is 6.09 Å². The number of nitrogens with two attached hydrogens (primary N) is 4. The molecule has 0 saturated carbocycles. The summed E-state index contributed by atoms with van der Waals surface area (Å²) >= 11 is 0. The fourth-order valence-corrected chi connectivity index (χ4v) is 19.7. The maximum absolute atomic E-state index is 13.3. The minimum Gasteiger partial charge on any atom is -0.444 e. The number of halogens is 5. The molecule has 9 heterocycles. The molecule has 714 valence electrons. The normalized spacial score (nSPS) is 14.6. The summed E-state index contributed by atoms with van der Waals surface area (Å²) in [5, 5.41) is 16.0. The lowest BCUT2D eigenvalue weighted by atomic mass is 9.98. The molecule has 5 aromatic heterocycles. The zero-order chi connectivity index (χ0) is 99.4. The second-order valence-electron chi connectivity index (χ2n) is 34.6. The predicted molar refractivity (Wildman–Crippen MR) is 521 cm³/mol. The Morgan fingerprint density at radius 1 is 0.393 bits per heavy atom. The van der Waals surface area contributed by atoms with Gasteiger partial charge in [-0.15, -0.1) is 0 Å². The van der Waals surface area contributed by atoms with E-state index in [0.717, 1.165) is 119 Å². The van der Waals surface area contributed by atoms with Crippen LogP contribution in [-0.2, 0) is 71.8 Å². The molecule has 0 radical (unpaired) electrons. The van der Waals surface area contributed by atoms with Gasteiger partial charge in [-0.3, -0.25) is 28.8 Å². The summed E-state index contributed by atoms with van der Waals surface area (Å²) in [7, 11) is -6.46. The molecule has 9 N–H and O–H groups in total. The van der Waals surface area contributed by atoms with Gasteiger partial charge in [0.15, 0.2) is 0 Å². The summed E-state index contributed by atoms with van der Waals surface area (Å²) in [5.74, 6) is -3.88. The van der Waals surface area contributed by atoms with Gasteiger partial charge in [-0.2, -0.15) is 13.9 Å². The van der Waals surface area contributed by atoms with Crippen LogP contribution >= 0.6 is 0 Å². The quantitative estimate of drug-likeness (QED) is 0.0469. The lowest BCUT2D eigenvalue weighted by Crippen LogP contribution is -2.40. The number of nitriles is 1. The van der Waals surface area contributed by atoms with Gasteiger partial charge < -0.3 is 47.5 Å². The van der Waals surface area contributed by atoms with Gasteiger partial charge in [0.1, 0.15) is 75.8 Å². The van der Waals surface area contributed by atoms with Crippen molar-refractivity contribution in [2.24, 2.45) is 22.9 Å². The molecule has 140 heavy (non-hydrogen) atoms. The average Bonchev–Trinajstić information content (AvgIpc) is 1.000. The lowest BCUT2D eigenvalue weighted by molar-refractivity contribution is -0.143. The van der Waals surface area contributed by atoms with Crippen molar-refractivity contribution in [1.29, 1.82) is 5.26 Å². The predicted octanol–water partition coefficient (Wildman–Crippen LogP) is 16.4. The Hall–Kier alpha value is -15.7. The van der Waals surface area contributed by atoms with Crippen molar-refractivity contribution in [3.05, 3.63) is 328 Å². The van der Waals surface area contributed by atoms with Gasteiger partial charge in [0.25, 0.3) is 23.6 Å². The Kier molecular flexibility index (Phi) is 30.3. The molecule has 4 saturated heterocycles.